The number of nitrogens with two attached hydrogens (primary N) is 1. The second-order valence-corrected chi connectivity index (χ2v) is 19.2. The van der Waals surface area contributed by atoms with Gasteiger partial charge >= 0.3 is 12.1 Å². The maximum atomic E-state index is 11.3. The van der Waals surface area contributed by atoms with Crippen LogP contribution in [0.5, 0.6) is 0 Å². The van der Waals surface area contributed by atoms with Gasteiger partial charge in [-0.25, -0.2) is 29.2 Å². The minimum absolute atomic E-state index is 0. The number of amides is 3. The van der Waals surface area contributed by atoms with E-state index >= 15 is 0 Å². The predicted molar refractivity (Wildman–Crippen MR) is 202 cm³/mol. The third-order valence-electron chi connectivity index (χ3n) is 2.62. The molecule has 12 heteroatoms. The third kappa shape index (κ3) is 121. The molecule has 0 heterocycles. The number of rotatable bonds is 0. The number of carbonyl (C=O) groups excluding carboxylic acids is 4. The lowest BCUT2D eigenvalue weighted by Gasteiger charge is -2.26. The lowest BCUT2D eigenvalue weighted by Crippen LogP contribution is -2.52. The largest absolute Gasteiger partial charge is 0.444 e. The van der Waals surface area contributed by atoms with Crippen LogP contribution in [0.15, 0.2) is 9.98 Å². The van der Waals surface area contributed by atoms with Gasteiger partial charge in [-0.3, -0.25) is 0 Å². The van der Waals surface area contributed by atoms with Crippen LogP contribution in [0.25, 0.3) is 0 Å². The fourth-order valence-electron chi connectivity index (χ4n) is 1.60. The van der Waals surface area contributed by atoms with Gasteiger partial charge in [0.1, 0.15) is 5.60 Å². The van der Waals surface area contributed by atoms with Gasteiger partial charge in [-0.1, -0.05) is 0 Å². The van der Waals surface area contributed by atoms with Gasteiger partial charge in [0.05, 0.1) is 16.7 Å². The predicted octanol–water partition coefficient (Wildman–Crippen LogP) is 7.95. The first-order valence-corrected chi connectivity index (χ1v) is 16.1. The number of hydrogen-bond donors (Lipinski definition) is 5. The molecule has 0 aliphatic heterocycles. The van der Waals surface area contributed by atoms with Gasteiger partial charge in [-0.15, -0.1) is 0 Å². The average molecular weight is 691 g/mol. The molecule has 0 unspecified atom stereocenters. The summed E-state index contributed by atoms with van der Waals surface area (Å²) in [5.74, 6) is 0. The van der Waals surface area contributed by atoms with Crippen LogP contribution < -0.4 is 21.7 Å². The Morgan fingerprint density at radius 2 is 0.750 bits per heavy atom. The van der Waals surface area contributed by atoms with Gasteiger partial charge in [0.25, 0.3) is 0 Å². The number of isocyanates is 2. The molecule has 12 nitrogen and oxygen atoms in total. The Kier molecular flexibility index (Phi) is 28.2. The van der Waals surface area contributed by atoms with Crippen LogP contribution in [0.3, 0.4) is 0 Å². The van der Waals surface area contributed by atoms with Crippen LogP contribution in [0, 0.1) is 0 Å². The highest BCUT2D eigenvalue weighted by molar-refractivity contribution is 5.75. The standard InChI is InChI=1S/C9H20N2O.C9H19NO2.2C5H9NO.C4H11N.C4H10O/c1-8(2,3)10-7(12)11-9(4,5)6;1-8(2,3)10-7(11)12-9(4,5)6;2*1-5(2,3)6-4-7;2*1-4(2,3)5/h1-6H3,(H2,10,11,12);1-6H3,(H,10,11);2*1-3H3;5H2,1-3H3;5H,1-3H3. The molecule has 0 spiro atoms. The highest BCUT2D eigenvalue weighted by Crippen LogP contribution is 2.08. The van der Waals surface area contributed by atoms with Crippen LogP contribution in [0.1, 0.15) is 166 Å². The molecule has 3 amide bonds. The SMILES string of the molecule is CC(C)(C)N.CC(C)(C)N=C=O.CC(C)(C)N=C=O.CC(C)(C)NC(=O)NC(C)(C)C.CC(C)(C)NC(=O)OC(C)(C)C.CC(C)(C)O. The monoisotopic (exact) mass is 691 g/mol. The smallest absolute Gasteiger partial charge is 0.408 e. The quantitative estimate of drug-likeness (QED) is 0.126. The van der Waals surface area contributed by atoms with Gasteiger partial charge < -0.3 is 31.5 Å². The summed E-state index contributed by atoms with van der Waals surface area (Å²) in [6.45, 7) is 45.2. The maximum absolute atomic E-state index is 11.3. The summed E-state index contributed by atoms with van der Waals surface area (Å²) in [4.78, 5) is 48.4. The van der Waals surface area contributed by atoms with Crippen molar-refractivity contribution in [2.24, 2.45) is 15.7 Å². The van der Waals surface area contributed by atoms with Crippen LogP contribution >= 0.6 is 0 Å². The van der Waals surface area contributed by atoms with Crippen molar-refractivity contribution in [1.82, 2.24) is 16.0 Å². The molecule has 0 aromatic heterocycles. The number of carbonyl (C=O) groups is 2. The molecule has 0 atom stereocenters. The van der Waals surface area contributed by atoms with Gasteiger partial charge in [0.2, 0.25) is 12.2 Å². The van der Waals surface area contributed by atoms with Crippen LogP contribution in [0.4, 0.5) is 9.59 Å². The summed E-state index contributed by atoms with van der Waals surface area (Å²) >= 11 is 0. The number of nitrogens with one attached hydrogen (secondary N) is 3. The molecule has 6 N–H and O–H groups in total. The Bertz CT molecular complexity index is 830. The van der Waals surface area contributed by atoms with Gasteiger partial charge in [-0.05, 0) is 166 Å². The Labute approximate surface area is 295 Å². The van der Waals surface area contributed by atoms with Crippen LogP contribution in [-0.4, -0.2) is 73.8 Å². The van der Waals surface area contributed by atoms with E-state index in [2.05, 4.69) is 25.9 Å². The van der Waals surface area contributed by atoms with E-state index in [0.717, 1.165) is 0 Å². The number of ether oxygens (including phenoxy) is 1. The van der Waals surface area contributed by atoms with E-state index in [1.165, 1.54) is 12.2 Å². The minimum atomic E-state index is -0.500. The molecule has 0 fully saturated rings. The lowest BCUT2D eigenvalue weighted by molar-refractivity contribution is 0.0480. The average Bonchev–Trinajstić information content (AvgIpc) is 2.58. The van der Waals surface area contributed by atoms with Crippen molar-refractivity contribution in [3.8, 4) is 0 Å². The van der Waals surface area contributed by atoms with E-state index in [4.69, 9.17) is 15.6 Å². The number of hydrogen-bond acceptors (Lipinski definition) is 9. The summed E-state index contributed by atoms with van der Waals surface area (Å²) in [5.41, 5.74) is 3.36. The van der Waals surface area contributed by atoms with E-state index in [1.54, 1.807) is 20.8 Å². The number of urea groups is 1. The lowest BCUT2D eigenvalue weighted by atomic mass is 10.1. The summed E-state index contributed by atoms with van der Waals surface area (Å²) in [5, 5.41) is 16.9. The zero-order valence-corrected chi connectivity index (χ0v) is 35.5. The molecule has 0 saturated carbocycles. The van der Waals surface area contributed by atoms with Crippen molar-refractivity contribution in [2.45, 2.75) is 211 Å². The highest BCUT2D eigenvalue weighted by Gasteiger charge is 2.20. The zero-order valence-electron chi connectivity index (χ0n) is 35.5. The summed E-state index contributed by atoms with van der Waals surface area (Å²) in [6, 6.07) is -0.116. The normalized spacial score (nSPS) is 11.7. The van der Waals surface area contributed by atoms with Crippen molar-refractivity contribution in [3.63, 3.8) is 0 Å². The number of nitrogens with zero attached hydrogens (tertiary/aromatic N) is 2. The fraction of sp³-hybridized carbons (Fsp3) is 0.889. The van der Waals surface area contributed by atoms with Gasteiger partial charge in [0.15, 0.2) is 0 Å². The van der Waals surface area contributed by atoms with Gasteiger partial charge in [-0.2, -0.15) is 0 Å². The maximum Gasteiger partial charge on any atom is 0.408 e. The Hall–Kier alpha value is -2.78. The second kappa shape index (κ2) is 23.6. The number of aliphatic hydroxyl groups is 1. The number of aliphatic imine (C=N–C) groups is 2. The first-order chi connectivity index (χ1) is 20.3. The topological polar surface area (TPSA) is 185 Å². The molecule has 0 bridgehead atoms. The molecule has 0 aliphatic rings. The third-order valence-corrected chi connectivity index (χ3v) is 2.62. The van der Waals surface area contributed by atoms with Crippen molar-refractivity contribution in [3.05, 3.63) is 0 Å². The Morgan fingerprint density at radius 3 is 0.854 bits per heavy atom. The van der Waals surface area contributed by atoms with E-state index in [-0.39, 0.29) is 45.4 Å². The first-order valence-electron chi connectivity index (χ1n) is 16.1. The molecule has 0 radical (unpaired) electrons. The summed E-state index contributed by atoms with van der Waals surface area (Å²) in [6.07, 6.45) is 2.60. The van der Waals surface area contributed by atoms with E-state index < -0.39 is 11.2 Å². The molecule has 288 valence electrons. The molecular weight excluding hydrogens is 612 g/mol. The van der Waals surface area contributed by atoms with Crippen molar-refractivity contribution < 1.29 is 29.0 Å². The Morgan fingerprint density at radius 1 is 0.542 bits per heavy atom. The molecule has 0 saturated heterocycles. The van der Waals surface area contributed by atoms with Gasteiger partial charge in [0, 0.05) is 22.2 Å². The van der Waals surface area contributed by atoms with E-state index in [0.29, 0.717) is 0 Å². The minimum Gasteiger partial charge on any atom is -0.444 e. The van der Waals surface area contributed by atoms with Crippen molar-refractivity contribution in [2.75, 3.05) is 0 Å². The molecular formula is C36H78N6O6. The first kappa shape index (κ1) is 57.5. The van der Waals surface area contributed by atoms with E-state index in [1.807, 2.05) is 145 Å². The summed E-state index contributed by atoms with van der Waals surface area (Å²) in [7, 11) is 0. The van der Waals surface area contributed by atoms with Crippen molar-refractivity contribution in [1.29, 1.82) is 0 Å². The van der Waals surface area contributed by atoms with Crippen LogP contribution in [-0.2, 0) is 14.3 Å². The second-order valence-electron chi connectivity index (χ2n) is 19.2. The highest BCUT2D eigenvalue weighted by atomic mass is 16.6. The molecule has 0 rings (SSSR count). The molecule has 0 aromatic carbocycles. The molecule has 0 aliphatic carbocycles. The number of alkyl carbamates (subject to hydrolysis) is 1. The zero-order chi connectivity index (χ0) is 40.8. The Balaban J connectivity index is -0.000000114. The van der Waals surface area contributed by atoms with E-state index in [9.17, 15) is 19.2 Å². The molecule has 48 heavy (non-hydrogen) atoms. The fourth-order valence-corrected chi connectivity index (χ4v) is 1.60. The summed E-state index contributed by atoms with van der Waals surface area (Å²) < 4.78 is 5.06. The van der Waals surface area contributed by atoms with Crippen LogP contribution in [0.2, 0.25) is 0 Å². The molecule has 0 aromatic rings. The van der Waals surface area contributed by atoms with Crippen molar-refractivity contribution >= 4 is 24.3 Å².